The first-order valence-electron chi connectivity index (χ1n) is 14.8. The SMILES string of the molecule is CC1CCN(CC(=O)NCC(C)(C)OCCC(C)(C)S)C1.CCCS.CNC(C)(CCNC=O)OCC(C)(C)C. The van der Waals surface area contributed by atoms with Crippen LogP contribution in [-0.2, 0) is 19.1 Å². The van der Waals surface area contributed by atoms with Gasteiger partial charge in [-0.05, 0) is 70.7 Å². The molecule has 0 spiro atoms. The van der Waals surface area contributed by atoms with Gasteiger partial charge in [-0.1, -0.05) is 48.5 Å². The first kappa shape index (κ1) is 41.6. The summed E-state index contributed by atoms with van der Waals surface area (Å²) < 4.78 is 11.7. The highest BCUT2D eigenvalue weighted by Gasteiger charge is 2.25. The molecule has 3 N–H and O–H groups in total. The van der Waals surface area contributed by atoms with Gasteiger partial charge in [0.1, 0.15) is 5.72 Å². The molecular formula is C30H64N4O4S2. The van der Waals surface area contributed by atoms with Crippen LogP contribution in [0.1, 0.15) is 94.9 Å². The number of amides is 2. The largest absolute Gasteiger partial charge is 0.374 e. The van der Waals surface area contributed by atoms with Gasteiger partial charge in [0.2, 0.25) is 12.3 Å². The van der Waals surface area contributed by atoms with Crippen molar-refractivity contribution >= 4 is 37.6 Å². The molecule has 1 rings (SSSR count). The number of hydrogen-bond acceptors (Lipinski definition) is 8. The van der Waals surface area contributed by atoms with Crippen molar-refractivity contribution in [3.8, 4) is 0 Å². The predicted molar refractivity (Wildman–Crippen MR) is 177 cm³/mol. The molecule has 8 nitrogen and oxygen atoms in total. The van der Waals surface area contributed by atoms with Crippen molar-refractivity contribution in [1.29, 1.82) is 0 Å². The van der Waals surface area contributed by atoms with E-state index in [1.54, 1.807) is 0 Å². The molecule has 1 heterocycles. The van der Waals surface area contributed by atoms with Crippen LogP contribution in [0.15, 0.2) is 0 Å². The highest BCUT2D eigenvalue weighted by Crippen LogP contribution is 2.20. The lowest BCUT2D eigenvalue weighted by atomic mass is 9.98. The fraction of sp³-hybridized carbons (Fsp3) is 0.933. The standard InChI is InChI=1S/C16H32N2O2S.C11H24N2O2.C3H8S/c1-13-6-8-18(10-13)11-14(19)17-12-15(2,3)20-9-7-16(4,5)21;1-10(2,3)8-15-11(4,12-5)6-7-13-9-14;1-2-3-4/h13,21H,6-12H2,1-5H3,(H,17,19);9,12H,6-8H2,1-5H3,(H,13,14);4H,2-3H2,1H3. The Labute approximate surface area is 258 Å². The lowest BCUT2D eigenvalue weighted by Crippen LogP contribution is -2.46. The van der Waals surface area contributed by atoms with Crippen LogP contribution in [0.25, 0.3) is 0 Å². The first-order chi connectivity index (χ1) is 18.3. The number of likely N-dealkylation sites (tertiary alicyclic amines) is 1. The summed E-state index contributed by atoms with van der Waals surface area (Å²) >= 11 is 8.41. The van der Waals surface area contributed by atoms with Crippen LogP contribution in [0, 0.1) is 11.3 Å². The molecule has 0 aliphatic carbocycles. The quantitative estimate of drug-likeness (QED) is 0.0750. The van der Waals surface area contributed by atoms with Crippen LogP contribution in [0.4, 0.5) is 0 Å². The van der Waals surface area contributed by atoms with Gasteiger partial charge in [0.25, 0.3) is 0 Å². The summed E-state index contributed by atoms with van der Waals surface area (Å²) in [6, 6.07) is 0. The Morgan fingerprint density at radius 3 is 2.10 bits per heavy atom. The highest BCUT2D eigenvalue weighted by molar-refractivity contribution is 7.81. The molecule has 2 amide bonds. The van der Waals surface area contributed by atoms with Crippen molar-refractivity contribution in [1.82, 2.24) is 20.9 Å². The van der Waals surface area contributed by atoms with Gasteiger partial charge in [-0.3, -0.25) is 19.8 Å². The number of carbonyl (C=O) groups excluding carboxylic acids is 2. The maximum absolute atomic E-state index is 12.0. The molecule has 10 heteroatoms. The fourth-order valence-corrected chi connectivity index (χ4v) is 3.47. The number of nitrogens with zero attached hydrogens (tertiary/aromatic N) is 1. The molecule has 1 aliphatic rings. The number of hydrogen-bond donors (Lipinski definition) is 5. The second-order valence-electron chi connectivity index (χ2n) is 13.5. The van der Waals surface area contributed by atoms with Crippen molar-refractivity contribution in [3.05, 3.63) is 0 Å². The average Bonchev–Trinajstić information content (AvgIpc) is 3.25. The van der Waals surface area contributed by atoms with Gasteiger partial charge < -0.3 is 20.1 Å². The third kappa shape index (κ3) is 26.4. The van der Waals surface area contributed by atoms with Crippen LogP contribution in [-0.4, -0.2) is 92.0 Å². The second kappa shape index (κ2) is 21.2. The van der Waals surface area contributed by atoms with E-state index in [1.807, 2.05) is 27.8 Å². The molecule has 240 valence electrons. The maximum Gasteiger partial charge on any atom is 0.234 e. The van der Waals surface area contributed by atoms with E-state index >= 15 is 0 Å². The second-order valence-corrected chi connectivity index (χ2v) is 15.1. The summed E-state index contributed by atoms with van der Waals surface area (Å²) in [6.07, 6.45) is 4.72. The third-order valence-electron chi connectivity index (χ3n) is 6.20. The molecule has 0 aromatic rings. The van der Waals surface area contributed by atoms with E-state index in [0.717, 1.165) is 31.7 Å². The summed E-state index contributed by atoms with van der Waals surface area (Å²) in [5, 5.41) is 8.75. The van der Waals surface area contributed by atoms with Crippen molar-refractivity contribution in [2.24, 2.45) is 11.3 Å². The summed E-state index contributed by atoms with van der Waals surface area (Å²) in [6.45, 7) is 26.0. The van der Waals surface area contributed by atoms with Crippen molar-refractivity contribution in [3.63, 3.8) is 0 Å². The van der Waals surface area contributed by atoms with Gasteiger partial charge in [0.15, 0.2) is 0 Å². The van der Waals surface area contributed by atoms with E-state index in [4.69, 9.17) is 9.47 Å². The van der Waals surface area contributed by atoms with E-state index in [9.17, 15) is 9.59 Å². The molecule has 0 aromatic carbocycles. The normalized spacial score (nSPS) is 17.6. The highest BCUT2D eigenvalue weighted by atomic mass is 32.1. The molecular weight excluding hydrogens is 544 g/mol. The van der Waals surface area contributed by atoms with Gasteiger partial charge in [0, 0.05) is 37.4 Å². The van der Waals surface area contributed by atoms with Gasteiger partial charge in [0.05, 0.1) is 18.8 Å². The van der Waals surface area contributed by atoms with E-state index in [2.05, 4.69) is 94.6 Å². The van der Waals surface area contributed by atoms with Gasteiger partial charge >= 0.3 is 0 Å². The zero-order chi connectivity index (χ0) is 31.5. The minimum atomic E-state index is -0.372. The predicted octanol–water partition coefficient (Wildman–Crippen LogP) is 4.79. The Bertz CT molecular complexity index is 667. The minimum Gasteiger partial charge on any atom is -0.374 e. The molecule has 1 saturated heterocycles. The zero-order valence-electron chi connectivity index (χ0n) is 27.6. The van der Waals surface area contributed by atoms with Crippen molar-refractivity contribution in [2.75, 3.05) is 58.7 Å². The summed E-state index contributed by atoms with van der Waals surface area (Å²) in [4.78, 5) is 24.3. The Morgan fingerprint density at radius 1 is 1.07 bits per heavy atom. The Kier molecular flexibility index (Phi) is 22.1. The number of carbonyl (C=O) groups is 2. The van der Waals surface area contributed by atoms with Crippen LogP contribution in [0.5, 0.6) is 0 Å². The molecule has 0 aromatic heterocycles. The monoisotopic (exact) mass is 608 g/mol. The van der Waals surface area contributed by atoms with Crippen LogP contribution >= 0.6 is 25.3 Å². The molecule has 40 heavy (non-hydrogen) atoms. The third-order valence-corrected chi connectivity index (χ3v) is 6.87. The zero-order valence-corrected chi connectivity index (χ0v) is 29.4. The van der Waals surface area contributed by atoms with E-state index < -0.39 is 0 Å². The van der Waals surface area contributed by atoms with Gasteiger partial charge in [-0.25, -0.2) is 0 Å². The molecule has 2 unspecified atom stereocenters. The summed E-state index contributed by atoms with van der Waals surface area (Å²) in [5.41, 5.74) is -0.563. The molecule has 0 bridgehead atoms. The number of rotatable bonds is 16. The number of nitrogens with one attached hydrogen (secondary N) is 3. The number of ether oxygens (including phenoxy) is 2. The first-order valence-corrected chi connectivity index (χ1v) is 15.9. The average molecular weight is 609 g/mol. The summed E-state index contributed by atoms with van der Waals surface area (Å²) in [5.74, 6) is 1.82. The Hall–Kier alpha value is -0.520. The smallest absolute Gasteiger partial charge is 0.234 e. The van der Waals surface area contributed by atoms with Crippen LogP contribution in [0.2, 0.25) is 0 Å². The lowest BCUT2D eigenvalue weighted by Gasteiger charge is -2.32. The maximum atomic E-state index is 12.0. The van der Waals surface area contributed by atoms with Crippen LogP contribution in [0.3, 0.4) is 0 Å². The van der Waals surface area contributed by atoms with E-state index in [0.29, 0.717) is 45.2 Å². The van der Waals surface area contributed by atoms with Crippen molar-refractivity contribution < 1.29 is 19.1 Å². The Balaban J connectivity index is 0. The molecule has 0 radical (unpaired) electrons. The summed E-state index contributed by atoms with van der Waals surface area (Å²) in [7, 11) is 1.86. The Morgan fingerprint density at radius 2 is 1.68 bits per heavy atom. The minimum absolute atomic E-state index is 0.0220. The molecule has 1 fully saturated rings. The molecule has 1 aliphatic heterocycles. The van der Waals surface area contributed by atoms with E-state index in [-0.39, 0.29) is 27.4 Å². The van der Waals surface area contributed by atoms with Crippen molar-refractivity contribution in [2.45, 2.75) is 111 Å². The lowest BCUT2D eigenvalue weighted by molar-refractivity contribution is -0.123. The fourth-order valence-electron chi connectivity index (χ4n) is 3.38. The van der Waals surface area contributed by atoms with Crippen LogP contribution < -0.4 is 16.0 Å². The van der Waals surface area contributed by atoms with Gasteiger partial charge in [-0.15, -0.1) is 0 Å². The molecule has 0 saturated carbocycles. The number of thiol groups is 2. The van der Waals surface area contributed by atoms with E-state index in [1.165, 1.54) is 12.8 Å². The topological polar surface area (TPSA) is 91.9 Å². The van der Waals surface area contributed by atoms with Gasteiger partial charge in [-0.2, -0.15) is 25.3 Å². The molecule has 2 atom stereocenters.